The van der Waals surface area contributed by atoms with Gasteiger partial charge in [-0.3, -0.25) is 29.9 Å². The first-order valence-corrected chi connectivity index (χ1v) is 8.60. The van der Waals surface area contributed by atoms with E-state index in [4.69, 9.17) is 4.74 Å². The maximum atomic E-state index is 13.2. The van der Waals surface area contributed by atoms with Crippen LogP contribution < -0.4 is 4.90 Å². The van der Waals surface area contributed by atoms with Crippen LogP contribution >= 0.6 is 0 Å². The SMILES string of the molecule is COC(=O)C1=C(C)N(c2ccc([N+](=O)[O-])cc2)C(=O)/C1=C\c1ccccc1[N+](=O)[O-]. The molecule has 1 aliphatic heterocycles. The van der Waals surface area contributed by atoms with Gasteiger partial charge in [-0.15, -0.1) is 0 Å². The van der Waals surface area contributed by atoms with E-state index < -0.39 is 21.7 Å². The summed E-state index contributed by atoms with van der Waals surface area (Å²) in [6.45, 7) is 1.52. The van der Waals surface area contributed by atoms with Crippen LogP contribution in [-0.2, 0) is 14.3 Å². The molecule has 0 spiro atoms. The number of rotatable bonds is 5. The minimum Gasteiger partial charge on any atom is -0.465 e. The normalized spacial score (nSPS) is 14.9. The number of non-ortho nitro benzene ring substituents is 1. The number of para-hydroxylation sites is 1. The number of ether oxygens (including phenoxy) is 1. The molecule has 0 atom stereocenters. The molecular weight excluding hydrogens is 394 g/mol. The smallest absolute Gasteiger partial charge is 0.340 e. The lowest BCUT2D eigenvalue weighted by Gasteiger charge is -2.17. The molecular formula is C20H15N3O7. The predicted octanol–water partition coefficient (Wildman–Crippen LogP) is 3.38. The lowest BCUT2D eigenvalue weighted by atomic mass is 10.0. The van der Waals surface area contributed by atoms with Crippen molar-refractivity contribution in [1.29, 1.82) is 0 Å². The van der Waals surface area contributed by atoms with Gasteiger partial charge in [0.25, 0.3) is 17.3 Å². The van der Waals surface area contributed by atoms with Gasteiger partial charge in [0.05, 0.1) is 33.7 Å². The van der Waals surface area contributed by atoms with Crippen molar-refractivity contribution < 1.29 is 24.2 Å². The predicted molar refractivity (Wildman–Crippen MR) is 106 cm³/mol. The van der Waals surface area contributed by atoms with Gasteiger partial charge in [0, 0.05) is 29.6 Å². The summed E-state index contributed by atoms with van der Waals surface area (Å²) >= 11 is 0. The van der Waals surface area contributed by atoms with Gasteiger partial charge in [-0.1, -0.05) is 12.1 Å². The number of carbonyl (C=O) groups excluding carboxylic acids is 2. The molecule has 10 heteroatoms. The van der Waals surface area contributed by atoms with Crippen LogP contribution in [0.15, 0.2) is 65.4 Å². The van der Waals surface area contributed by atoms with Crippen LogP contribution in [0.3, 0.4) is 0 Å². The van der Waals surface area contributed by atoms with E-state index in [0.717, 1.165) is 7.11 Å². The molecule has 0 saturated heterocycles. The molecule has 1 heterocycles. The summed E-state index contributed by atoms with van der Waals surface area (Å²) in [4.78, 5) is 47.8. The van der Waals surface area contributed by atoms with E-state index in [0.29, 0.717) is 5.69 Å². The number of nitro benzene ring substituents is 2. The molecule has 10 nitrogen and oxygen atoms in total. The van der Waals surface area contributed by atoms with Crippen LogP contribution in [-0.4, -0.2) is 28.8 Å². The molecule has 0 bridgehead atoms. The lowest BCUT2D eigenvalue weighted by Crippen LogP contribution is -2.24. The minimum atomic E-state index is -0.782. The first-order valence-electron chi connectivity index (χ1n) is 8.60. The summed E-state index contributed by atoms with van der Waals surface area (Å²) in [5.41, 5.74) is 0.182. The van der Waals surface area contributed by atoms with Crippen LogP contribution in [0.1, 0.15) is 12.5 Å². The van der Waals surface area contributed by atoms with Gasteiger partial charge in [-0.25, -0.2) is 4.79 Å². The van der Waals surface area contributed by atoms with Gasteiger partial charge in [-0.05, 0) is 31.2 Å². The molecule has 0 unspecified atom stereocenters. The molecule has 0 fully saturated rings. The highest BCUT2D eigenvalue weighted by molar-refractivity contribution is 6.24. The molecule has 1 aliphatic rings. The summed E-state index contributed by atoms with van der Waals surface area (Å²) in [6.07, 6.45) is 1.27. The summed E-state index contributed by atoms with van der Waals surface area (Å²) < 4.78 is 4.79. The third kappa shape index (κ3) is 3.53. The number of nitrogens with zero attached hydrogens (tertiary/aromatic N) is 3. The minimum absolute atomic E-state index is 0.0426. The average molecular weight is 409 g/mol. The Labute approximate surface area is 170 Å². The molecule has 3 rings (SSSR count). The summed E-state index contributed by atoms with van der Waals surface area (Å²) in [5, 5.41) is 22.2. The fourth-order valence-corrected chi connectivity index (χ4v) is 3.15. The Balaban J connectivity index is 2.15. The molecule has 0 N–H and O–H groups in total. The Bertz CT molecular complexity index is 1130. The lowest BCUT2D eigenvalue weighted by molar-refractivity contribution is -0.385. The second kappa shape index (κ2) is 7.95. The zero-order valence-electron chi connectivity index (χ0n) is 15.9. The van der Waals surface area contributed by atoms with E-state index in [-0.39, 0.29) is 33.8 Å². The van der Waals surface area contributed by atoms with Crippen LogP contribution in [0.4, 0.5) is 17.1 Å². The maximum Gasteiger partial charge on any atom is 0.340 e. The van der Waals surface area contributed by atoms with Crippen LogP contribution in [0.5, 0.6) is 0 Å². The number of nitro groups is 2. The number of esters is 1. The topological polar surface area (TPSA) is 133 Å². The number of allylic oxidation sites excluding steroid dienone is 1. The molecule has 152 valence electrons. The fourth-order valence-electron chi connectivity index (χ4n) is 3.15. The summed E-state index contributed by atoms with van der Waals surface area (Å²) in [7, 11) is 1.16. The van der Waals surface area contributed by atoms with Gasteiger partial charge in [0.1, 0.15) is 0 Å². The third-order valence-corrected chi connectivity index (χ3v) is 4.54. The van der Waals surface area contributed by atoms with Crippen LogP contribution in [0.25, 0.3) is 6.08 Å². The van der Waals surface area contributed by atoms with E-state index in [2.05, 4.69) is 0 Å². The molecule has 30 heavy (non-hydrogen) atoms. The number of methoxy groups -OCH3 is 1. The number of amides is 1. The van der Waals surface area contributed by atoms with Gasteiger partial charge in [0.2, 0.25) is 0 Å². The number of anilines is 1. The fraction of sp³-hybridized carbons (Fsp3) is 0.100. The van der Waals surface area contributed by atoms with E-state index in [9.17, 15) is 29.8 Å². The number of carbonyl (C=O) groups is 2. The standard InChI is InChI=1S/C20H15N3O7/c1-12-18(20(25)30-2)16(11-13-5-3-4-6-17(13)23(28)29)19(24)21(12)14-7-9-15(10-8-14)22(26)27/h3-11H,1-2H3/b16-11-. The molecule has 2 aromatic carbocycles. The van der Waals surface area contributed by atoms with Gasteiger partial charge in [-0.2, -0.15) is 0 Å². The zero-order chi connectivity index (χ0) is 22.0. The molecule has 2 aromatic rings. The van der Waals surface area contributed by atoms with Crippen molar-refractivity contribution in [2.45, 2.75) is 6.92 Å². The van der Waals surface area contributed by atoms with E-state index in [1.165, 1.54) is 60.4 Å². The van der Waals surface area contributed by atoms with Gasteiger partial charge >= 0.3 is 5.97 Å². The maximum absolute atomic E-state index is 13.2. The van der Waals surface area contributed by atoms with E-state index >= 15 is 0 Å². The Kier molecular flexibility index (Phi) is 5.41. The largest absolute Gasteiger partial charge is 0.465 e. The second-order valence-electron chi connectivity index (χ2n) is 6.24. The van der Waals surface area contributed by atoms with E-state index in [1.807, 2.05) is 0 Å². The van der Waals surface area contributed by atoms with E-state index in [1.54, 1.807) is 6.07 Å². The number of hydrogen-bond acceptors (Lipinski definition) is 7. The van der Waals surface area contributed by atoms with Crippen molar-refractivity contribution in [3.05, 3.63) is 91.2 Å². The van der Waals surface area contributed by atoms with Crippen molar-refractivity contribution in [1.82, 2.24) is 0 Å². The van der Waals surface area contributed by atoms with Gasteiger partial charge in [0.15, 0.2) is 0 Å². The Hall–Kier alpha value is -4.34. The van der Waals surface area contributed by atoms with Crippen molar-refractivity contribution in [2.75, 3.05) is 12.0 Å². The monoisotopic (exact) mass is 409 g/mol. The Morgan fingerprint density at radius 1 is 1.03 bits per heavy atom. The van der Waals surface area contributed by atoms with Crippen LogP contribution in [0, 0.1) is 20.2 Å². The number of hydrogen-bond donors (Lipinski definition) is 0. The zero-order valence-corrected chi connectivity index (χ0v) is 15.9. The Morgan fingerprint density at radius 2 is 1.67 bits per heavy atom. The van der Waals surface area contributed by atoms with Crippen LogP contribution in [0.2, 0.25) is 0 Å². The summed E-state index contributed by atoms with van der Waals surface area (Å²) in [6, 6.07) is 11.0. The van der Waals surface area contributed by atoms with Crippen molar-refractivity contribution >= 4 is 35.0 Å². The molecule has 0 saturated carbocycles. The highest BCUT2D eigenvalue weighted by Gasteiger charge is 2.38. The quantitative estimate of drug-likeness (QED) is 0.320. The summed E-state index contributed by atoms with van der Waals surface area (Å²) in [5.74, 6) is -1.39. The Morgan fingerprint density at radius 3 is 2.23 bits per heavy atom. The molecule has 0 radical (unpaired) electrons. The second-order valence-corrected chi connectivity index (χ2v) is 6.24. The average Bonchev–Trinajstić information content (AvgIpc) is 2.97. The third-order valence-electron chi connectivity index (χ3n) is 4.54. The first-order chi connectivity index (χ1) is 14.3. The van der Waals surface area contributed by atoms with Crippen molar-refractivity contribution in [3.8, 4) is 0 Å². The molecule has 1 amide bonds. The highest BCUT2D eigenvalue weighted by atomic mass is 16.6. The number of benzene rings is 2. The molecule has 0 aliphatic carbocycles. The molecule has 0 aromatic heterocycles. The van der Waals surface area contributed by atoms with Gasteiger partial charge < -0.3 is 4.74 Å². The van der Waals surface area contributed by atoms with Crippen molar-refractivity contribution in [3.63, 3.8) is 0 Å². The first kappa shape index (κ1) is 20.4. The van der Waals surface area contributed by atoms with Crippen molar-refractivity contribution in [2.24, 2.45) is 0 Å². The highest BCUT2D eigenvalue weighted by Crippen LogP contribution is 2.36.